The molecule has 1 amide bonds. The first-order valence-electron chi connectivity index (χ1n) is 8.86. The topological polar surface area (TPSA) is 76.1 Å². The molecule has 1 heterocycles. The highest BCUT2D eigenvalue weighted by atomic mass is 32.2. The van der Waals surface area contributed by atoms with Gasteiger partial charge in [0.05, 0.1) is 29.9 Å². The van der Waals surface area contributed by atoms with Gasteiger partial charge in [0.15, 0.2) is 15.8 Å². The van der Waals surface area contributed by atoms with Crippen LogP contribution < -0.4 is 14.4 Å². The highest BCUT2D eigenvalue weighted by Crippen LogP contribution is 2.37. The lowest BCUT2D eigenvalue weighted by molar-refractivity contribution is -0.113. The Bertz CT molecular complexity index is 985. The molecule has 0 aliphatic carbocycles. The molecule has 1 N–H and O–H groups in total. The van der Waals surface area contributed by atoms with E-state index < -0.39 is 5.97 Å². The van der Waals surface area contributed by atoms with E-state index in [1.54, 1.807) is 31.4 Å². The van der Waals surface area contributed by atoms with E-state index in [1.165, 1.54) is 28.8 Å². The van der Waals surface area contributed by atoms with Gasteiger partial charge in [0, 0.05) is 0 Å². The minimum Gasteiger partial charge on any atom is -0.493 e. The first-order chi connectivity index (χ1) is 13.9. The number of nitrogens with zero attached hydrogens (tertiary/aromatic N) is 1. The maximum Gasteiger partial charge on any atom is 0.335 e. The van der Waals surface area contributed by atoms with Crippen LogP contribution in [0.25, 0.3) is 6.08 Å². The van der Waals surface area contributed by atoms with Gasteiger partial charge in [-0.15, -0.1) is 0 Å². The molecule has 0 bridgehead atoms. The van der Waals surface area contributed by atoms with Crippen molar-refractivity contribution in [2.75, 3.05) is 18.6 Å². The van der Waals surface area contributed by atoms with Gasteiger partial charge in [-0.25, -0.2) is 4.79 Å². The number of carboxylic acids is 1. The first kappa shape index (κ1) is 20.9. The van der Waals surface area contributed by atoms with Crippen LogP contribution in [0.1, 0.15) is 29.3 Å². The Morgan fingerprint density at radius 1 is 1.21 bits per heavy atom. The highest BCUT2D eigenvalue weighted by Gasteiger charge is 2.33. The van der Waals surface area contributed by atoms with Gasteiger partial charge < -0.3 is 14.6 Å². The summed E-state index contributed by atoms with van der Waals surface area (Å²) < 4.78 is 11.4. The molecule has 8 heteroatoms. The Balaban J connectivity index is 1.85. The molecule has 1 fully saturated rings. The summed E-state index contributed by atoms with van der Waals surface area (Å²) in [7, 11) is 1.57. The summed E-state index contributed by atoms with van der Waals surface area (Å²) in [6.07, 6.45) is 2.64. The first-order valence-corrected chi connectivity index (χ1v) is 10.1. The molecule has 0 unspecified atom stereocenters. The Labute approximate surface area is 178 Å². The predicted molar refractivity (Wildman–Crippen MR) is 118 cm³/mol. The third kappa shape index (κ3) is 4.60. The van der Waals surface area contributed by atoms with Crippen LogP contribution in [0.15, 0.2) is 47.4 Å². The number of hydrogen-bond acceptors (Lipinski definition) is 6. The monoisotopic (exact) mass is 429 g/mol. The normalized spacial score (nSPS) is 15.1. The molecule has 29 heavy (non-hydrogen) atoms. The number of benzene rings is 2. The van der Waals surface area contributed by atoms with E-state index >= 15 is 0 Å². The summed E-state index contributed by atoms with van der Waals surface area (Å²) >= 11 is 6.55. The molecule has 1 aliphatic rings. The fourth-order valence-electron chi connectivity index (χ4n) is 2.70. The van der Waals surface area contributed by atoms with Crippen molar-refractivity contribution in [1.29, 1.82) is 0 Å². The van der Waals surface area contributed by atoms with Gasteiger partial charge in [0.2, 0.25) is 0 Å². The summed E-state index contributed by atoms with van der Waals surface area (Å²) in [4.78, 5) is 25.8. The lowest BCUT2D eigenvalue weighted by atomic mass is 10.1. The SMILES string of the molecule is CCCOc1ccc(/C=C2\SC(=S)N(c3ccc(C(=O)O)cc3)C2=O)cc1OC. The molecule has 2 aromatic carbocycles. The molecular weight excluding hydrogens is 410 g/mol. The van der Waals surface area contributed by atoms with E-state index in [0.29, 0.717) is 33.0 Å². The third-order valence-corrected chi connectivity index (χ3v) is 5.42. The van der Waals surface area contributed by atoms with Crippen molar-refractivity contribution in [3.63, 3.8) is 0 Å². The van der Waals surface area contributed by atoms with Crippen molar-refractivity contribution in [2.24, 2.45) is 0 Å². The molecule has 3 rings (SSSR count). The molecule has 0 spiro atoms. The number of carbonyl (C=O) groups excluding carboxylic acids is 1. The van der Waals surface area contributed by atoms with Crippen LogP contribution in [-0.2, 0) is 4.79 Å². The van der Waals surface area contributed by atoms with Gasteiger partial charge >= 0.3 is 5.97 Å². The average Bonchev–Trinajstić information content (AvgIpc) is 2.99. The van der Waals surface area contributed by atoms with E-state index in [2.05, 4.69) is 0 Å². The maximum absolute atomic E-state index is 12.9. The summed E-state index contributed by atoms with van der Waals surface area (Å²) in [5.74, 6) is -0.0417. The fourth-order valence-corrected chi connectivity index (χ4v) is 4.00. The van der Waals surface area contributed by atoms with Crippen LogP contribution in [0, 0.1) is 0 Å². The second-order valence-electron chi connectivity index (χ2n) is 6.13. The summed E-state index contributed by atoms with van der Waals surface area (Å²) in [5, 5.41) is 9.02. The number of methoxy groups -OCH3 is 1. The number of rotatable bonds is 7. The van der Waals surface area contributed by atoms with Crippen molar-refractivity contribution < 1.29 is 24.2 Å². The number of anilines is 1. The van der Waals surface area contributed by atoms with E-state index in [1.807, 2.05) is 19.1 Å². The molecule has 0 aromatic heterocycles. The van der Waals surface area contributed by atoms with Gasteiger partial charge in [-0.05, 0) is 54.5 Å². The van der Waals surface area contributed by atoms with E-state index in [9.17, 15) is 9.59 Å². The Hall–Kier alpha value is -2.84. The highest BCUT2D eigenvalue weighted by molar-refractivity contribution is 8.27. The lowest BCUT2D eigenvalue weighted by Crippen LogP contribution is -2.27. The molecule has 0 radical (unpaired) electrons. The van der Waals surface area contributed by atoms with Crippen LogP contribution >= 0.6 is 24.0 Å². The number of ether oxygens (including phenoxy) is 2. The van der Waals surface area contributed by atoms with Crippen LogP contribution in [0.5, 0.6) is 11.5 Å². The number of carbonyl (C=O) groups is 2. The summed E-state index contributed by atoms with van der Waals surface area (Å²) in [5.41, 5.74) is 1.46. The Morgan fingerprint density at radius 2 is 1.93 bits per heavy atom. The molecule has 1 aliphatic heterocycles. The maximum atomic E-state index is 12.9. The number of carboxylic acid groups (broad SMARTS) is 1. The Kier molecular flexibility index (Phi) is 6.56. The molecule has 6 nitrogen and oxygen atoms in total. The van der Waals surface area contributed by atoms with Gasteiger partial charge in [-0.3, -0.25) is 9.69 Å². The third-order valence-electron chi connectivity index (χ3n) is 4.11. The molecule has 0 atom stereocenters. The molecular formula is C21H19NO5S2. The minimum absolute atomic E-state index is 0.146. The van der Waals surface area contributed by atoms with E-state index in [4.69, 9.17) is 26.8 Å². The molecule has 150 valence electrons. The molecule has 0 saturated carbocycles. The zero-order valence-electron chi connectivity index (χ0n) is 15.9. The number of aromatic carboxylic acids is 1. The van der Waals surface area contributed by atoms with Gasteiger partial charge in [0.25, 0.3) is 5.91 Å². The minimum atomic E-state index is -1.03. The molecule has 1 saturated heterocycles. The number of thioether (sulfide) groups is 1. The Morgan fingerprint density at radius 3 is 2.55 bits per heavy atom. The van der Waals surface area contributed by atoms with Crippen molar-refractivity contribution in [2.45, 2.75) is 13.3 Å². The zero-order chi connectivity index (χ0) is 21.0. The van der Waals surface area contributed by atoms with Crippen molar-refractivity contribution >= 4 is 51.9 Å². The zero-order valence-corrected chi connectivity index (χ0v) is 17.5. The summed E-state index contributed by atoms with van der Waals surface area (Å²) in [6.45, 7) is 2.62. The predicted octanol–water partition coefficient (Wildman–Crippen LogP) is 4.59. The van der Waals surface area contributed by atoms with Crippen LogP contribution in [-0.4, -0.2) is 35.0 Å². The van der Waals surface area contributed by atoms with Crippen molar-refractivity contribution in [3.05, 3.63) is 58.5 Å². The van der Waals surface area contributed by atoms with Gasteiger partial charge in [0.1, 0.15) is 0 Å². The van der Waals surface area contributed by atoms with Crippen LogP contribution in [0.2, 0.25) is 0 Å². The van der Waals surface area contributed by atoms with Crippen molar-refractivity contribution in [3.8, 4) is 11.5 Å². The van der Waals surface area contributed by atoms with Gasteiger partial charge in [-0.1, -0.05) is 37.0 Å². The number of thiocarbonyl (C=S) groups is 1. The van der Waals surface area contributed by atoms with Crippen molar-refractivity contribution in [1.82, 2.24) is 0 Å². The standard InChI is InChI=1S/C21H19NO5S2/c1-3-10-27-16-9-4-13(11-17(16)26-2)12-18-19(23)22(21(28)29-18)15-7-5-14(6-8-15)20(24)25/h4-9,11-12H,3,10H2,1-2H3,(H,24,25)/b18-12-. The second kappa shape index (κ2) is 9.11. The average molecular weight is 430 g/mol. The largest absolute Gasteiger partial charge is 0.493 e. The second-order valence-corrected chi connectivity index (χ2v) is 7.80. The van der Waals surface area contributed by atoms with Gasteiger partial charge in [-0.2, -0.15) is 0 Å². The molecule has 2 aromatic rings. The summed E-state index contributed by atoms with van der Waals surface area (Å²) in [6, 6.07) is 11.5. The quantitative estimate of drug-likeness (QED) is 0.510. The lowest BCUT2D eigenvalue weighted by Gasteiger charge is -2.14. The van der Waals surface area contributed by atoms with E-state index in [0.717, 1.165) is 12.0 Å². The fraction of sp³-hybridized carbons (Fsp3) is 0.190. The number of hydrogen-bond donors (Lipinski definition) is 1. The number of amides is 1. The smallest absolute Gasteiger partial charge is 0.335 e. The van der Waals surface area contributed by atoms with Crippen LogP contribution in [0.4, 0.5) is 5.69 Å². The van der Waals surface area contributed by atoms with E-state index in [-0.39, 0.29) is 11.5 Å². The van der Waals surface area contributed by atoms with Crippen LogP contribution in [0.3, 0.4) is 0 Å².